The maximum atomic E-state index is 11.9. The summed E-state index contributed by atoms with van der Waals surface area (Å²) in [6.07, 6.45) is 5.83. The lowest BCUT2D eigenvalue weighted by Crippen LogP contribution is -2.24. The third-order valence-electron chi connectivity index (χ3n) is 3.65. The number of benzene rings is 1. The molecule has 0 atom stereocenters. The average molecular weight is 336 g/mol. The Hall–Kier alpha value is -3.15. The molecule has 0 aliphatic heterocycles. The molecule has 3 aromatic rings. The smallest absolute Gasteiger partial charge is 0.244 e. The van der Waals surface area contributed by atoms with Crippen molar-refractivity contribution in [1.82, 2.24) is 19.9 Å². The number of fused-ring (bicyclic) bond motifs is 1. The van der Waals surface area contributed by atoms with E-state index in [2.05, 4.69) is 15.5 Å². The number of hydrogen-bond acceptors (Lipinski definition) is 4. The van der Waals surface area contributed by atoms with Crippen molar-refractivity contribution in [2.45, 2.75) is 13.3 Å². The normalized spacial score (nSPS) is 11.1. The van der Waals surface area contributed by atoms with E-state index in [9.17, 15) is 4.79 Å². The Morgan fingerprint density at radius 3 is 2.84 bits per heavy atom. The van der Waals surface area contributed by atoms with E-state index in [1.807, 2.05) is 60.0 Å². The quantitative estimate of drug-likeness (QED) is 0.673. The molecule has 3 rings (SSSR count). The third kappa shape index (κ3) is 4.44. The van der Waals surface area contributed by atoms with Crippen LogP contribution in [-0.2, 0) is 11.2 Å². The van der Waals surface area contributed by atoms with E-state index in [0.29, 0.717) is 19.6 Å². The van der Waals surface area contributed by atoms with Gasteiger partial charge in [-0.05, 0) is 42.8 Å². The summed E-state index contributed by atoms with van der Waals surface area (Å²) in [4.78, 5) is 11.9. The number of hydrogen-bond donors (Lipinski definition) is 1. The summed E-state index contributed by atoms with van der Waals surface area (Å²) in [5, 5.41) is 11.1. The van der Waals surface area contributed by atoms with Gasteiger partial charge in [-0.3, -0.25) is 9.20 Å². The van der Waals surface area contributed by atoms with Gasteiger partial charge in [0.25, 0.3) is 0 Å². The second kappa shape index (κ2) is 8.10. The van der Waals surface area contributed by atoms with Crippen LogP contribution in [0.2, 0.25) is 0 Å². The van der Waals surface area contributed by atoms with Crippen LogP contribution in [0.25, 0.3) is 11.7 Å². The van der Waals surface area contributed by atoms with Crippen molar-refractivity contribution in [3.63, 3.8) is 0 Å². The molecule has 0 saturated heterocycles. The number of ether oxygens (including phenoxy) is 1. The van der Waals surface area contributed by atoms with Gasteiger partial charge in [-0.15, -0.1) is 10.2 Å². The number of carbonyl (C=O) groups excluding carboxylic acids is 1. The lowest BCUT2D eigenvalue weighted by Gasteiger charge is -2.03. The predicted octanol–water partition coefficient (Wildman–Crippen LogP) is 2.50. The Balaban J connectivity index is 1.49. The topological polar surface area (TPSA) is 68.5 Å². The highest BCUT2D eigenvalue weighted by Crippen LogP contribution is 2.12. The summed E-state index contributed by atoms with van der Waals surface area (Å²) in [7, 11) is 0. The number of nitrogens with zero attached hydrogens (tertiary/aromatic N) is 3. The van der Waals surface area contributed by atoms with Gasteiger partial charge in [0, 0.05) is 25.2 Å². The summed E-state index contributed by atoms with van der Waals surface area (Å²) < 4.78 is 7.31. The number of carbonyl (C=O) groups is 1. The molecule has 1 amide bonds. The monoisotopic (exact) mass is 336 g/mol. The van der Waals surface area contributed by atoms with Gasteiger partial charge in [0.1, 0.15) is 11.6 Å². The van der Waals surface area contributed by atoms with Crippen molar-refractivity contribution >= 4 is 17.6 Å². The van der Waals surface area contributed by atoms with Gasteiger partial charge in [0.15, 0.2) is 5.65 Å². The summed E-state index contributed by atoms with van der Waals surface area (Å²) >= 11 is 0. The molecule has 6 nitrogen and oxygen atoms in total. The first-order valence-corrected chi connectivity index (χ1v) is 8.23. The van der Waals surface area contributed by atoms with Crippen LogP contribution in [0.5, 0.6) is 5.75 Å². The summed E-state index contributed by atoms with van der Waals surface area (Å²) in [5.41, 5.74) is 1.75. The molecule has 0 radical (unpaired) electrons. The number of aromatic nitrogens is 3. The van der Waals surface area contributed by atoms with E-state index in [4.69, 9.17) is 4.74 Å². The molecule has 6 heteroatoms. The molecule has 0 aliphatic rings. The van der Waals surface area contributed by atoms with Gasteiger partial charge < -0.3 is 10.1 Å². The maximum absolute atomic E-state index is 11.9. The van der Waals surface area contributed by atoms with Crippen LogP contribution in [-0.4, -0.2) is 33.7 Å². The van der Waals surface area contributed by atoms with Crippen molar-refractivity contribution in [2.24, 2.45) is 0 Å². The maximum Gasteiger partial charge on any atom is 0.244 e. The predicted molar refractivity (Wildman–Crippen MR) is 96.3 cm³/mol. The molecule has 2 aromatic heterocycles. The zero-order valence-electron chi connectivity index (χ0n) is 14.1. The summed E-state index contributed by atoms with van der Waals surface area (Å²) in [5.74, 6) is 1.51. The van der Waals surface area contributed by atoms with Gasteiger partial charge in [-0.1, -0.05) is 18.2 Å². The fourth-order valence-electron chi connectivity index (χ4n) is 2.43. The molecule has 128 valence electrons. The van der Waals surface area contributed by atoms with Crippen LogP contribution in [0.3, 0.4) is 0 Å². The van der Waals surface area contributed by atoms with Crippen molar-refractivity contribution in [2.75, 3.05) is 13.2 Å². The van der Waals surface area contributed by atoms with E-state index in [-0.39, 0.29) is 5.91 Å². The van der Waals surface area contributed by atoms with Gasteiger partial charge in [-0.25, -0.2) is 0 Å². The molecular weight excluding hydrogens is 316 g/mol. The average Bonchev–Trinajstić information content (AvgIpc) is 3.05. The van der Waals surface area contributed by atoms with Crippen LogP contribution in [0, 0.1) is 0 Å². The Kier molecular flexibility index (Phi) is 5.41. The second-order valence-electron chi connectivity index (χ2n) is 5.42. The minimum Gasteiger partial charge on any atom is -0.494 e. The van der Waals surface area contributed by atoms with Gasteiger partial charge in [0.2, 0.25) is 5.91 Å². The highest BCUT2D eigenvalue weighted by molar-refractivity contribution is 5.91. The van der Waals surface area contributed by atoms with Crippen molar-refractivity contribution in [3.05, 3.63) is 66.1 Å². The SMILES string of the molecule is CCOc1ccc(/C=C/C(=O)NCCc2nnc3ccccn23)cc1. The molecule has 0 fully saturated rings. The van der Waals surface area contributed by atoms with Crippen LogP contribution in [0.4, 0.5) is 0 Å². The van der Waals surface area contributed by atoms with Crippen LogP contribution < -0.4 is 10.1 Å². The van der Waals surface area contributed by atoms with Crippen molar-refractivity contribution in [3.8, 4) is 5.75 Å². The molecule has 0 bridgehead atoms. The summed E-state index contributed by atoms with van der Waals surface area (Å²) in [6.45, 7) is 3.08. The molecule has 0 unspecified atom stereocenters. The highest BCUT2D eigenvalue weighted by Gasteiger charge is 2.04. The van der Waals surface area contributed by atoms with Gasteiger partial charge >= 0.3 is 0 Å². The van der Waals surface area contributed by atoms with E-state index in [1.54, 1.807) is 6.08 Å². The number of amides is 1. The largest absolute Gasteiger partial charge is 0.494 e. The molecule has 0 saturated carbocycles. The Labute approximate surface area is 146 Å². The fourth-order valence-corrected chi connectivity index (χ4v) is 2.43. The summed E-state index contributed by atoms with van der Waals surface area (Å²) in [6, 6.07) is 13.3. The molecule has 0 spiro atoms. The van der Waals surface area contributed by atoms with E-state index in [1.165, 1.54) is 6.08 Å². The molecular formula is C19H20N4O2. The number of rotatable bonds is 7. The van der Waals surface area contributed by atoms with Crippen LogP contribution in [0.15, 0.2) is 54.7 Å². The first kappa shape index (κ1) is 16.7. The van der Waals surface area contributed by atoms with E-state index in [0.717, 1.165) is 22.8 Å². The Morgan fingerprint density at radius 1 is 1.20 bits per heavy atom. The number of pyridine rings is 1. The first-order valence-electron chi connectivity index (χ1n) is 8.23. The first-order chi connectivity index (χ1) is 12.3. The third-order valence-corrected chi connectivity index (χ3v) is 3.65. The van der Waals surface area contributed by atoms with E-state index < -0.39 is 0 Å². The Bertz CT molecular complexity index is 869. The Morgan fingerprint density at radius 2 is 2.04 bits per heavy atom. The van der Waals surface area contributed by atoms with Crippen molar-refractivity contribution < 1.29 is 9.53 Å². The van der Waals surface area contributed by atoms with Crippen LogP contribution in [0.1, 0.15) is 18.3 Å². The molecule has 0 aliphatic carbocycles. The highest BCUT2D eigenvalue weighted by atomic mass is 16.5. The minimum atomic E-state index is -0.136. The fraction of sp³-hybridized carbons (Fsp3) is 0.211. The van der Waals surface area contributed by atoms with Crippen molar-refractivity contribution in [1.29, 1.82) is 0 Å². The standard InChI is InChI=1S/C19H20N4O2/c1-2-25-16-9-6-15(7-10-16)8-11-19(24)20-13-12-18-22-21-17-5-3-4-14-23(17)18/h3-11,14H,2,12-13H2,1H3,(H,20,24)/b11-8+. The van der Waals surface area contributed by atoms with E-state index >= 15 is 0 Å². The molecule has 25 heavy (non-hydrogen) atoms. The lowest BCUT2D eigenvalue weighted by molar-refractivity contribution is -0.116. The second-order valence-corrected chi connectivity index (χ2v) is 5.42. The zero-order valence-corrected chi connectivity index (χ0v) is 14.1. The number of nitrogens with one attached hydrogen (secondary N) is 1. The van der Waals surface area contributed by atoms with Crippen LogP contribution >= 0.6 is 0 Å². The van der Waals surface area contributed by atoms with Gasteiger partial charge in [-0.2, -0.15) is 0 Å². The molecule has 1 N–H and O–H groups in total. The lowest BCUT2D eigenvalue weighted by atomic mass is 10.2. The van der Waals surface area contributed by atoms with Gasteiger partial charge in [0.05, 0.1) is 6.61 Å². The molecule has 1 aromatic carbocycles. The minimum absolute atomic E-state index is 0.136. The molecule has 2 heterocycles. The zero-order chi connectivity index (χ0) is 17.5.